The van der Waals surface area contributed by atoms with Crippen molar-refractivity contribution in [2.75, 3.05) is 0 Å². The van der Waals surface area contributed by atoms with Crippen LogP contribution >= 0.6 is 0 Å². The topological polar surface area (TPSA) is 63.2 Å². The maximum Gasteiger partial charge on any atom is 0.0475 e. The van der Waals surface area contributed by atoms with Crippen molar-refractivity contribution in [3.05, 3.63) is 94.1 Å². The molecule has 4 aromatic rings. The average Bonchev–Trinajstić information content (AvgIpc) is 4.10. The highest BCUT2D eigenvalue weighted by molar-refractivity contribution is 5.44. The second-order valence-electron chi connectivity index (χ2n) is 20.5. The van der Waals surface area contributed by atoms with Crippen LogP contribution in [0.1, 0.15) is 281 Å². The molecule has 0 spiro atoms. The first-order chi connectivity index (χ1) is 29.1. The number of fused-ring (bicyclic) bond motifs is 8. The largest absolute Gasteiger partial charge is 0.361 e. The molecule has 0 amide bonds. The predicted octanol–water partition coefficient (Wildman–Crippen LogP) is 17.5. The molecule has 1 aliphatic rings. The molecule has 5 heterocycles. The molecule has 60 heavy (non-hydrogen) atoms. The van der Waals surface area contributed by atoms with E-state index in [1.54, 1.807) is 0 Å². The Kier molecular flexibility index (Phi) is 18.9. The Morgan fingerprint density at radius 2 is 0.400 bits per heavy atom. The van der Waals surface area contributed by atoms with Gasteiger partial charge in [0.2, 0.25) is 0 Å². The van der Waals surface area contributed by atoms with Gasteiger partial charge in [0.25, 0.3) is 0 Å². The van der Waals surface area contributed by atoms with Gasteiger partial charge in [-0.3, -0.25) is 0 Å². The molecule has 0 aromatic carbocycles. The maximum absolute atomic E-state index is 4.21. The Hall–Kier alpha value is -2.88. The smallest absolute Gasteiger partial charge is 0.0475 e. The number of hydrogen-bond donors (Lipinski definition) is 4. The van der Waals surface area contributed by atoms with Crippen LogP contribution in [0.3, 0.4) is 0 Å². The molecule has 8 bridgehead atoms. The fourth-order valence-corrected chi connectivity index (χ4v) is 10.8. The van der Waals surface area contributed by atoms with E-state index in [0.29, 0.717) is 0 Å². The van der Waals surface area contributed by atoms with Gasteiger partial charge in [0.05, 0.1) is 0 Å². The fourth-order valence-electron chi connectivity index (χ4n) is 10.8. The second-order valence-corrected chi connectivity index (χ2v) is 20.5. The van der Waals surface area contributed by atoms with Crippen LogP contribution in [0.5, 0.6) is 0 Å². The first-order valence-corrected chi connectivity index (χ1v) is 25.9. The van der Waals surface area contributed by atoms with Crippen LogP contribution in [0.25, 0.3) is 0 Å². The van der Waals surface area contributed by atoms with Crippen LogP contribution in [-0.4, -0.2) is 19.9 Å². The molecule has 0 radical (unpaired) electrons. The lowest BCUT2D eigenvalue weighted by Crippen LogP contribution is -2.30. The zero-order valence-corrected chi connectivity index (χ0v) is 40.4. The van der Waals surface area contributed by atoms with Crippen molar-refractivity contribution in [1.82, 2.24) is 19.9 Å². The van der Waals surface area contributed by atoms with Gasteiger partial charge in [-0.1, -0.05) is 182 Å². The Labute approximate surface area is 369 Å². The molecular weight excluding hydrogens is 729 g/mol. The van der Waals surface area contributed by atoms with Crippen LogP contribution in [0.15, 0.2) is 48.5 Å². The van der Waals surface area contributed by atoms with Gasteiger partial charge in [-0.25, -0.2) is 0 Å². The summed E-state index contributed by atoms with van der Waals surface area (Å²) in [4.78, 5) is 16.8. The molecule has 5 rings (SSSR count). The van der Waals surface area contributed by atoms with E-state index < -0.39 is 0 Å². The molecule has 336 valence electrons. The van der Waals surface area contributed by atoms with E-state index in [1.165, 1.54) is 200 Å². The summed E-state index contributed by atoms with van der Waals surface area (Å²) in [7, 11) is 0. The van der Waals surface area contributed by atoms with E-state index in [1.807, 2.05) is 0 Å². The summed E-state index contributed by atoms with van der Waals surface area (Å²) in [6.07, 6.45) is 36.1. The molecule has 0 unspecified atom stereocenters. The fraction of sp³-hybridized carbons (Fsp3) is 0.714. The predicted molar refractivity (Wildman–Crippen MR) is 261 cm³/mol. The average molecular weight is 821 g/mol. The number of H-pyrrole nitrogens is 4. The van der Waals surface area contributed by atoms with Crippen LogP contribution in [-0.2, 0) is 21.7 Å². The molecule has 0 saturated carbocycles. The normalized spacial score (nSPS) is 22.8. The lowest BCUT2D eigenvalue weighted by molar-refractivity contribution is 0.423. The first-order valence-electron chi connectivity index (χ1n) is 25.9. The minimum atomic E-state index is -0.141. The summed E-state index contributed by atoms with van der Waals surface area (Å²) < 4.78 is 0. The zero-order valence-electron chi connectivity index (χ0n) is 40.4. The lowest BCUT2D eigenvalue weighted by Gasteiger charge is -2.33. The van der Waals surface area contributed by atoms with Crippen molar-refractivity contribution in [1.29, 1.82) is 0 Å². The van der Waals surface area contributed by atoms with Crippen LogP contribution in [0, 0.1) is 0 Å². The third kappa shape index (κ3) is 11.8. The van der Waals surface area contributed by atoms with Crippen molar-refractivity contribution in [2.24, 2.45) is 0 Å². The van der Waals surface area contributed by atoms with E-state index in [9.17, 15) is 0 Å². The summed E-state index contributed by atoms with van der Waals surface area (Å²) in [5.74, 6) is 0. The Bertz CT molecular complexity index is 1430. The highest BCUT2D eigenvalue weighted by atomic mass is 14.9. The molecule has 4 N–H and O–H groups in total. The Balaban J connectivity index is 1.61. The van der Waals surface area contributed by atoms with Gasteiger partial charge >= 0.3 is 0 Å². The number of hydrogen-bond acceptors (Lipinski definition) is 0. The molecular formula is C56H92N4. The minimum absolute atomic E-state index is 0.141. The van der Waals surface area contributed by atoms with Gasteiger partial charge in [0.15, 0.2) is 0 Å². The molecule has 4 heteroatoms. The van der Waals surface area contributed by atoms with Crippen molar-refractivity contribution in [2.45, 2.75) is 257 Å². The molecule has 4 aromatic heterocycles. The van der Waals surface area contributed by atoms with E-state index >= 15 is 0 Å². The molecule has 0 fully saturated rings. The molecule has 1 aliphatic heterocycles. The Morgan fingerprint density at radius 3 is 0.567 bits per heavy atom. The molecule has 0 atom stereocenters. The van der Waals surface area contributed by atoms with Crippen LogP contribution < -0.4 is 0 Å². The SMILES string of the molecule is CCCCCCCCC1(C)c2ccc([nH]2)C(C)(CCCCCCCC)c2ccc([nH]2)C(C)(CCCCCCCC)c2ccc([nH]2)C(C)(CCCCCCCC)c2ccc1[nH]2. The monoisotopic (exact) mass is 821 g/mol. The standard InChI is InChI=1S/C56H92N4/c1-9-13-17-21-25-29-41-53(5)45-33-35-47(57-45)54(6,42-30-26-22-18-14-10-2)49-37-39-51(59-49)56(8,44-32-28-24-20-16-12-4)52-40-38-50(60-52)55(7,48-36-34-46(53)58-48)43-31-27-23-19-15-11-3/h33-40,57-60H,9-32,41-44H2,1-8H3. The van der Waals surface area contributed by atoms with Gasteiger partial charge in [-0.2, -0.15) is 0 Å². The first kappa shape index (κ1) is 48.2. The summed E-state index contributed by atoms with van der Waals surface area (Å²) >= 11 is 0. The van der Waals surface area contributed by atoms with Crippen molar-refractivity contribution in [3.63, 3.8) is 0 Å². The summed E-state index contributed by atoms with van der Waals surface area (Å²) in [5.41, 5.74) is 10.3. The number of aromatic amines is 4. The summed E-state index contributed by atoms with van der Waals surface area (Å²) in [6.45, 7) is 19.4. The highest BCUT2D eigenvalue weighted by Crippen LogP contribution is 2.46. The van der Waals surface area contributed by atoms with E-state index in [2.05, 4.69) is 124 Å². The van der Waals surface area contributed by atoms with Gasteiger partial charge in [0.1, 0.15) is 0 Å². The number of nitrogens with one attached hydrogen (secondary N) is 4. The van der Waals surface area contributed by atoms with E-state index in [-0.39, 0.29) is 21.7 Å². The van der Waals surface area contributed by atoms with E-state index in [4.69, 9.17) is 0 Å². The van der Waals surface area contributed by atoms with Crippen molar-refractivity contribution >= 4 is 0 Å². The highest BCUT2D eigenvalue weighted by Gasteiger charge is 2.41. The number of unbranched alkanes of at least 4 members (excludes halogenated alkanes) is 20. The van der Waals surface area contributed by atoms with Gasteiger partial charge < -0.3 is 19.9 Å². The van der Waals surface area contributed by atoms with Gasteiger partial charge in [0, 0.05) is 67.2 Å². The van der Waals surface area contributed by atoms with Crippen LogP contribution in [0.4, 0.5) is 0 Å². The zero-order chi connectivity index (χ0) is 42.9. The third-order valence-corrected chi connectivity index (χ3v) is 15.6. The quantitative estimate of drug-likeness (QED) is 0.0413. The third-order valence-electron chi connectivity index (χ3n) is 15.6. The molecule has 4 nitrogen and oxygen atoms in total. The number of rotatable bonds is 28. The molecule has 0 aliphatic carbocycles. The van der Waals surface area contributed by atoms with Gasteiger partial charge in [-0.15, -0.1) is 0 Å². The van der Waals surface area contributed by atoms with Crippen LogP contribution in [0.2, 0.25) is 0 Å². The van der Waals surface area contributed by atoms with Gasteiger partial charge in [-0.05, 0) is 102 Å². The summed E-state index contributed by atoms with van der Waals surface area (Å²) in [5, 5.41) is 0. The van der Waals surface area contributed by atoms with E-state index in [0.717, 1.165) is 25.7 Å². The molecule has 0 saturated heterocycles. The number of aromatic nitrogens is 4. The van der Waals surface area contributed by atoms with Crippen molar-refractivity contribution in [3.8, 4) is 0 Å². The lowest BCUT2D eigenvalue weighted by atomic mass is 9.78. The Morgan fingerprint density at radius 1 is 0.250 bits per heavy atom. The summed E-state index contributed by atoms with van der Waals surface area (Å²) in [6, 6.07) is 19.7. The van der Waals surface area contributed by atoms with Crippen molar-refractivity contribution < 1.29 is 0 Å². The second kappa shape index (κ2) is 23.5. The maximum atomic E-state index is 4.21. The minimum Gasteiger partial charge on any atom is -0.361 e.